The quantitative estimate of drug-likeness (QED) is 0.555. The monoisotopic (exact) mass is 321 g/mol. The molecule has 1 aromatic carbocycles. The summed E-state index contributed by atoms with van der Waals surface area (Å²) in [6.45, 7) is 5.46. The molecule has 0 bridgehead atoms. The molecule has 0 aliphatic carbocycles. The van der Waals surface area contributed by atoms with Gasteiger partial charge in [0.15, 0.2) is 5.11 Å². The normalized spacial score (nSPS) is 9.95. The van der Waals surface area contributed by atoms with E-state index in [4.69, 9.17) is 12.2 Å². The molecule has 5 nitrogen and oxygen atoms in total. The second kappa shape index (κ2) is 9.15. The maximum Gasteiger partial charge on any atom is 0.226 e. The predicted molar refractivity (Wildman–Crippen MR) is 94.0 cm³/mol. The fourth-order valence-electron chi connectivity index (χ4n) is 1.91. The summed E-state index contributed by atoms with van der Waals surface area (Å²) in [6, 6.07) is 5.50. The van der Waals surface area contributed by atoms with Gasteiger partial charge < -0.3 is 16.0 Å². The van der Waals surface area contributed by atoms with E-state index in [2.05, 4.69) is 22.9 Å². The number of amides is 2. The van der Waals surface area contributed by atoms with Crippen molar-refractivity contribution in [2.45, 2.75) is 46.5 Å². The molecule has 0 heterocycles. The average Bonchev–Trinajstić information content (AvgIpc) is 2.42. The molecule has 0 aliphatic rings. The number of benzene rings is 1. The molecule has 0 aliphatic heterocycles. The number of carbonyl (C=O) groups is 2. The molecule has 0 unspecified atom stereocenters. The molecule has 0 spiro atoms. The minimum absolute atomic E-state index is 0.0832. The van der Waals surface area contributed by atoms with Gasteiger partial charge in [-0.1, -0.05) is 25.8 Å². The molecular formula is C16H23N3O2S. The number of hydrogen-bond donors (Lipinski definition) is 3. The molecule has 0 saturated carbocycles. The fraction of sp³-hybridized carbons (Fsp3) is 0.438. The van der Waals surface area contributed by atoms with E-state index < -0.39 is 0 Å². The summed E-state index contributed by atoms with van der Waals surface area (Å²) in [5.41, 5.74) is 2.39. The minimum atomic E-state index is -0.132. The summed E-state index contributed by atoms with van der Waals surface area (Å²) in [7, 11) is 0. The van der Waals surface area contributed by atoms with Crippen LogP contribution in [0.2, 0.25) is 0 Å². The van der Waals surface area contributed by atoms with E-state index in [9.17, 15) is 9.59 Å². The van der Waals surface area contributed by atoms with E-state index in [1.165, 1.54) is 6.92 Å². The summed E-state index contributed by atoms with van der Waals surface area (Å²) >= 11 is 5.12. The standard InChI is InChI=1S/C16H23N3O2S/c1-4-5-6-7-15(21)19-16(22)18-13-9-8-11(2)14(10-13)17-12(3)20/h8-10H,4-7H2,1-3H3,(H,17,20)(H2,18,19,21,22). The lowest BCUT2D eigenvalue weighted by Gasteiger charge is -2.12. The number of carbonyl (C=O) groups excluding carboxylic acids is 2. The van der Waals surface area contributed by atoms with Gasteiger partial charge in [-0.15, -0.1) is 0 Å². The van der Waals surface area contributed by atoms with E-state index in [-0.39, 0.29) is 16.9 Å². The van der Waals surface area contributed by atoms with Crippen LogP contribution in [-0.4, -0.2) is 16.9 Å². The summed E-state index contributed by atoms with van der Waals surface area (Å²) in [6.07, 6.45) is 3.44. The minimum Gasteiger partial charge on any atom is -0.332 e. The number of aryl methyl sites for hydroxylation is 1. The summed E-state index contributed by atoms with van der Waals surface area (Å²) in [4.78, 5) is 22.8. The van der Waals surface area contributed by atoms with Gasteiger partial charge >= 0.3 is 0 Å². The molecule has 0 atom stereocenters. The Hall–Kier alpha value is -1.95. The van der Waals surface area contributed by atoms with E-state index in [0.29, 0.717) is 12.1 Å². The van der Waals surface area contributed by atoms with Gasteiger partial charge in [-0.05, 0) is 43.3 Å². The van der Waals surface area contributed by atoms with Crippen molar-refractivity contribution in [1.82, 2.24) is 5.32 Å². The molecular weight excluding hydrogens is 298 g/mol. The highest BCUT2D eigenvalue weighted by Crippen LogP contribution is 2.20. The van der Waals surface area contributed by atoms with Gasteiger partial charge in [0.2, 0.25) is 11.8 Å². The van der Waals surface area contributed by atoms with Crippen molar-refractivity contribution >= 4 is 40.5 Å². The first-order valence-electron chi connectivity index (χ1n) is 7.41. The summed E-state index contributed by atoms with van der Waals surface area (Å²) in [5.74, 6) is -0.216. The third kappa shape index (κ3) is 6.67. The Bertz CT molecular complexity index is 558. The molecule has 6 heteroatoms. The smallest absolute Gasteiger partial charge is 0.226 e. The maximum atomic E-state index is 11.7. The van der Waals surface area contributed by atoms with Crippen LogP contribution >= 0.6 is 12.2 Å². The van der Waals surface area contributed by atoms with Gasteiger partial charge in [0.05, 0.1) is 0 Å². The zero-order valence-corrected chi connectivity index (χ0v) is 14.1. The van der Waals surface area contributed by atoms with Gasteiger partial charge in [0.1, 0.15) is 0 Å². The number of rotatable bonds is 6. The number of hydrogen-bond acceptors (Lipinski definition) is 3. The first kappa shape index (κ1) is 18.1. The van der Waals surface area contributed by atoms with Crippen LogP contribution in [0.3, 0.4) is 0 Å². The van der Waals surface area contributed by atoms with Crippen LogP contribution in [-0.2, 0) is 9.59 Å². The number of thiocarbonyl (C=S) groups is 1. The Morgan fingerprint density at radius 3 is 2.55 bits per heavy atom. The van der Waals surface area contributed by atoms with E-state index in [0.717, 1.165) is 30.5 Å². The van der Waals surface area contributed by atoms with Crippen molar-refractivity contribution in [2.75, 3.05) is 10.6 Å². The van der Waals surface area contributed by atoms with Crippen LogP contribution in [0.1, 0.15) is 45.1 Å². The number of nitrogens with one attached hydrogen (secondary N) is 3. The highest BCUT2D eigenvalue weighted by molar-refractivity contribution is 7.80. The number of unbranched alkanes of at least 4 members (excludes halogenated alkanes) is 2. The van der Waals surface area contributed by atoms with Crippen molar-refractivity contribution < 1.29 is 9.59 Å². The Morgan fingerprint density at radius 1 is 1.18 bits per heavy atom. The molecule has 2 amide bonds. The summed E-state index contributed by atoms with van der Waals surface area (Å²) in [5, 5.41) is 8.62. The third-order valence-corrected chi connectivity index (χ3v) is 3.27. The molecule has 0 saturated heterocycles. The van der Waals surface area contributed by atoms with Gasteiger partial charge in [-0.3, -0.25) is 9.59 Å². The molecule has 0 aromatic heterocycles. The van der Waals surface area contributed by atoms with E-state index in [1.807, 2.05) is 19.1 Å². The lowest BCUT2D eigenvalue weighted by molar-refractivity contribution is -0.119. The lowest BCUT2D eigenvalue weighted by Crippen LogP contribution is -2.33. The second-order valence-corrected chi connectivity index (χ2v) is 5.58. The van der Waals surface area contributed by atoms with Gasteiger partial charge in [0, 0.05) is 24.7 Å². The zero-order chi connectivity index (χ0) is 16.5. The van der Waals surface area contributed by atoms with Crippen LogP contribution < -0.4 is 16.0 Å². The van der Waals surface area contributed by atoms with Crippen LogP contribution in [0.5, 0.6) is 0 Å². The second-order valence-electron chi connectivity index (χ2n) is 5.17. The molecule has 120 valence electrons. The SMILES string of the molecule is CCCCCC(=O)NC(=S)Nc1ccc(C)c(NC(C)=O)c1. The Kier molecular flexibility index (Phi) is 7.52. The Balaban J connectivity index is 2.57. The van der Waals surface area contributed by atoms with Crippen molar-refractivity contribution in [1.29, 1.82) is 0 Å². The third-order valence-electron chi connectivity index (χ3n) is 3.07. The fourth-order valence-corrected chi connectivity index (χ4v) is 2.14. The Labute approximate surface area is 136 Å². The van der Waals surface area contributed by atoms with Crippen molar-refractivity contribution in [3.63, 3.8) is 0 Å². The van der Waals surface area contributed by atoms with Gasteiger partial charge in [-0.25, -0.2) is 0 Å². The molecule has 3 N–H and O–H groups in total. The van der Waals surface area contributed by atoms with E-state index in [1.54, 1.807) is 6.07 Å². The molecule has 1 aromatic rings. The van der Waals surface area contributed by atoms with E-state index >= 15 is 0 Å². The van der Waals surface area contributed by atoms with Gasteiger partial charge in [-0.2, -0.15) is 0 Å². The maximum absolute atomic E-state index is 11.7. The summed E-state index contributed by atoms with van der Waals surface area (Å²) < 4.78 is 0. The van der Waals surface area contributed by atoms with Crippen molar-refractivity contribution in [3.05, 3.63) is 23.8 Å². The van der Waals surface area contributed by atoms with Crippen LogP contribution in [0.25, 0.3) is 0 Å². The largest absolute Gasteiger partial charge is 0.332 e. The molecule has 22 heavy (non-hydrogen) atoms. The Morgan fingerprint density at radius 2 is 1.91 bits per heavy atom. The van der Waals surface area contributed by atoms with Gasteiger partial charge in [0.25, 0.3) is 0 Å². The van der Waals surface area contributed by atoms with Crippen molar-refractivity contribution in [3.8, 4) is 0 Å². The van der Waals surface area contributed by atoms with Crippen molar-refractivity contribution in [2.24, 2.45) is 0 Å². The first-order valence-corrected chi connectivity index (χ1v) is 7.82. The molecule has 0 fully saturated rings. The molecule has 0 radical (unpaired) electrons. The van der Waals surface area contributed by atoms with Crippen LogP contribution in [0.15, 0.2) is 18.2 Å². The predicted octanol–water partition coefficient (Wildman–Crippen LogP) is 3.35. The van der Waals surface area contributed by atoms with Crippen LogP contribution in [0, 0.1) is 6.92 Å². The number of anilines is 2. The first-order chi connectivity index (χ1) is 10.4. The lowest BCUT2D eigenvalue weighted by atomic mass is 10.2. The zero-order valence-electron chi connectivity index (χ0n) is 13.3. The highest BCUT2D eigenvalue weighted by atomic mass is 32.1. The topological polar surface area (TPSA) is 70.2 Å². The highest BCUT2D eigenvalue weighted by Gasteiger charge is 2.06. The average molecular weight is 321 g/mol. The van der Waals surface area contributed by atoms with Crippen LogP contribution in [0.4, 0.5) is 11.4 Å². The molecule has 1 rings (SSSR count).